The summed E-state index contributed by atoms with van der Waals surface area (Å²) < 4.78 is 81.3. The van der Waals surface area contributed by atoms with Crippen molar-refractivity contribution in [2.45, 2.75) is 38.8 Å². The molecule has 8 nitrogen and oxygen atoms in total. The average molecular weight is 541 g/mol. The molecule has 0 amide bonds. The summed E-state index contributed by atoms with van der Waals surface area (Å²) in [4.78, 5) is 12.7. The highest BCUT2D eigenvalue weighted by Crippen LogP contribution is 2.28. The lowest BCUT2D eigenvalue weighted by molar-refractivity contribution is -0.140. The first-order valence-electron chi connectivity index (χ1n) is 11.6. The highest BCUT2D eigenvalue weighted by Gasteiger charge is 2.35. The van der Waals surface area contributed by atoms with Gasteiger partial charge in [-0.2, -0.15) is 13.2 Å². The molecule has 1 saturated heterocycles. The number of carbonyl (C=O) groups excluding carboxylic acids is 1. The number of hydrogen-bond acceptors (Lipinski definition) is 6. The number of carbonyl (C=O) groups is 1. The number of anilines is 1. The summed E-state index contributed by atoms with van der Waals surface area (Å²) in [5.74, 6) is -3.17. The molecular weight excluding hydrogens is 513 g/mol. The molecule has 37 heavy (non-hydrogen) atoms. The molecule has 0 bridgehead atoms. The average Bonchev–Trinajstić information content (AvgIpc) is 3.37. The number of esters is 1. The SMILES string of the molecule is CCOC(=O)c1cc2cc(CC3(C)OCCO3)ccc2n1Cc1ccc(NS(=O)(=O)CC(F)(F)F)cc1. The maximum atomic E-state index is 12.7. The van der Waals surface area contributed by atoms with Gasteiger partial charge in [-0.1, -0.05) is 18.2 Å². The molecule has 1 aliphatic rings. The summed E-state index contributed by atoms with van der Waals surface area (Å²) in [7, 11) is -4.58. The van der Waals surface area contributed by atoms with Gasteiger partial charge in [0.2, 0.25) is 10.0 Å². The number of alkyl halides is 3. The fraction of sp³-hybridized carbons (Fsp3) is 0.400. The van der Waals surface area contributed by atoms with Crippen molar-refractivity contribution >= 4 is 32.6 Å². The Balaban J connectivity index is 1.59. The maximum absolute atomic E-state index is 12.7. The van der Waals surface area contributed by atoms with Gasteiger partial charge in [0.05, 0.1) is 19.8 Å². The van der Waals surface area contributed by atoms with Crippen molar-refractivity contribution in [3.05, 3.63) is 65.4 Å². The normalized spacial score (nSPS) is 15.7. The number of nitrogens with zero attached hydrogens (tertiary/aromatic N) is 1. The van der Waals surface area contributed by atoms with Gasteiger partial charge >= 0.3 is 12.1 Å². The minimum absolute atomic E-state index is 0.00506. The van der Waals surface area contributed by atoms with E-state index in [1.54, 1.807) is 29.7 Å². The third kappa shape index (κ3) is 6.82. The van der Waals surface area contributed by atoms with Crippen LogP contribution in [-0.2, 0) is 37.2 Å². The number of nitrogens with one attached hydrogen (secondary N) is 1. The van der Waals surface area contributed by atoms with Gasteiger partial charge in [-0.25, -0.2) is 13.2 Å². The van der Waals surface area contributed by atoms with Crippen molar-refractivity contribution in [1.82, 2.24) is 4.57 Å². The van der Waals surface area contributed by atoms with E-state index < -0.39 is 33.7 Å². The third-order valence-corrected chi connectivity index (χ3v) is 7.05. The number of ether oxygens (including phenoxy) is 3. The Morgan fingerprint density at radius 2 is 1.73 bits per heavy atom. The molecule has 0 aliphatic carbocycles. The Kier molecular flexibility index (Phi) is 7.54. The summed E-state index contributed by atoms with van der Waals surface area (Å²) in [6.07, 6.45) is -4.31. The Labute approximate surface area is 212 Å². The first-order valence-corrected chi connectivity index (χ1v) is 13.2. The molecule has 1 aliphatic heterocycles. The van der Waals surface area contributed by atoms with Gasteiger partial charge in [0, 0.05) is 29.6 Å². The van der Waals surface area contributed by atoms with Gasteiger partial charge in [-0.15, -0.1) is 0 Å². The van der Waals surface area contributed by atoms with Crippen molar-refractivity contribution in [3.63, 3.8) is 0 Å². The van der Waals surface area contributed by atoms with Crippen LogP contribution >= 0.6 is 0 Å². The van der Waals surface area contributed by atoms with Crippen LogP contribution in [0.5, 0.6) is 0 Å². The summed E-state index contributed by atoms with van der Waals surface area (Å²) in [6, 6.07) is 13.4. The fourth-order valence-electron chi connectivity index (χ4n) is 4.30. The van der Waals surface area contributed by atoms with Gasteiger partial charge in [-0.05, 0) is 55.3 Å². The van der Waals surface area contributed by atoms with Crippen LogP contribution in [0.3, 0.4) is 0 Å². The van der Waals surface area contributed by atoms with Gasteiger partial charge < -0.3 is 18.8 Å². The lowest BCUT2D eigenvalue weighted by Gasteiger charge is -2.22. The summed E-state index contributed by atoms with van der Waals surface area (Å²) >= 11 is 0. The molecule has 2 heterocycles. The molecule has 0 radical (unpaired) electrons. The number of halogens is 3. The molecule has 1 aromatic heterocycles. The lowest BCUT2D eigenvalue weighted by atomic mass is 10.0. The molecule has 3 aromatic rings. The van der Waals surface area contributed by atoms with Gasteiger partial charge in [0.25, 0.3) is 0 Å². The van der Waals surface area contributed by atoms with E-state index in [-0.39, 0.29) is 18.8 Å². The molecule has 200 valence electrons. The van der Waals surface area contributed by atoms with E-state index in [4.69, 9.17) is 14.2 Å². The molecule has 0 unspecified atom stereocenters. The standard InChI is InChI=1S/C25H27F3N2O6S/c1-3-34-23(31)22-13-19-12-18(14-24(2)35-10-11-36-24)6-9-21(19)30(22)15-17-4-7-20(8-5-17)29-37(32,33)16-25(26,27)28/h4-9,12-13,29H,3,10-11,14-16H2,1-2H3. The van der Waals surface area contributed by atoms with E-state index in [0.717, 1.165) is 16.5 Å². The molecule has 1 fully saturated rings. The topological polar surface area (TPSA) is 95.9 Å². The molecular formula is C25H27F3N2O6S. The smallest absolute Gasteiger partial charge is 0.404 e. The fourth-order valence-corrected chi connectivity index (χ4v) is 5.29. The summed E-state index contributed by atoms with van der Waals surface area (Å²) in [6.45, 7) is 5.10. The second-order valence-electron chi connectivity index (χ2n) is 8.91. The van der Waals surface area contributed by atoms with Crippen molar-refractivity contribution in [3.8, 4) is 0 Å². The van der Waals surface area contributed by atoms with Crippen LogP contribution in [0.2, 0.25) is 0 Å². The monoisotopic (exact) mass is 540 g/mol. The Morgan fingerprint density at radius 3 is 2.35 bits per heavy atom. The van der Waals surface area contributed by atoms with Crippen molar-refractivity contribution in [2.75, 3.05) is 30.3 Å². The maximum Gasteiger partial charge on any atom is 0.404 e. The number of rotatable bonds is 9. The zero-order valence-corrected chi connectivity index (χ0v) is 21.1. The number of sulfonamides is 1. The van der Waals surface area contributed by atoms with Crippen molar-refractivity contribution in [1.29, 1.82) is 0 Å². The van der Waals surface area contributed by atoms with Gasteiger partial charge in [0.15, 0.2) is 11.5 Å². The molecule has 4 rings (SSSR count). The minimum atomic E-state index is -4.85. The van der Waals surface area contributed by atoms with Crippen LogP contribution in [0, 0.1) is 0 Å². The van der Waals surface area contributed by atoms with E-state index in [1.807, 2.05) is 29.8 Å². The van der Waals surface area contributed by atoms with Crippen LogP contribution in [0.25, 0.3) is 10.9 Å². The van der Waals surface area contributed by atoms with Crippen LogP contribution in [0.15, 0.2) is 48.5 Å². The zero-order valence-electron chi connectivity index (χ0n) is 20.3. The first-order chi connectivity index (χ1) is 17.4. The zero-order chi connectivity index (χ0) is 26.8. The summed E-state index contributed by atoms with van der Waals surface area (Å²) in [5, 5.41) is 0.818. The van der Waals surface area contributed by atoms with E-state index in [1.165, 1.54) is 12.1 Å². The second-order valence-corrected chi connectivity index (χ2v) is 10.6. The van der Waals surface area contributed by atoms with Crippen molar-refractivity contribution in [2.24, 2.45) is 0 Å². The van der Waals surface area contributed by atoms with Crippen LogP contribution in [0.1, 0.15) is 35.5 Å². The van der Waals surface area contributed by atoms with Crippen LogP contribution < -0.4 is 4.72 Å². The highest BCUT2D eigenvalue weighted by molar-refractivity contribution is 7.92. The predicted molar refractivity (Wildman–Crippen MR) is 131 cm³/mol. The first kappa shape index (κ1) is 27.0. The Bertz CT molecular complexity index is 1380. The minimum Gasteiger partial charge on any atom is -0.461 e. The molecule has 0 spiro atoms. The number of benzene rings is 2. The van der Waals surface area contributed by atoms with Gasteiger partial charge in [0.1, 0.15) is 5.69 Å². The van der Waals surface area contributed by atoms with Crippen LogP contribution in [0.4, 0.5) is 18.9 Å². The molecule has 1 N–H and O–H groups in total. The Morgan fingerprint density at radius 1 is 1.08 bits per heavy atom. The van der Waals surface area contributed by atoms with E-state index in [2.05, 4.69) is 0 Å². The third-order valence-electron chi connectivity index (χ3n) is 5.80. The van der Waals surface area contributed by atoms with E-state index in [0.29, 0.717) is 30.9 Å². The number of aromatic nitrogens is 1. The summed E-state index contributed by atoms with van der Waals surface area (Å²) in [5.41, 5.74) is 2.79. The second kappa shape index (κ2) is 10.3. The Hall–Kier alpha value is -3.09. The van der Waals surface area contributed by atoms with E-state index in [9.17, 15) is 26.4 Å². The van der Waals surface area contributed by atoms with Gasteiger partial charge in [-0.3, -0.25) is 4.72 Å². The highest BCUT2D eigenvalue weighted by atomic mass is 32.2. The number of hydrogen-bond donors (Lipinski definition) is 1. The van der Waals surface area contributed by atoms with Crippen molar-refractivity contribution < 1.29 is 40.6 Å². The molecule has 0 saturated carbocycles. The van der Waals surface area contributed by atoms with E-state index >= 15 is 0 Å². The molecule has 12 heteroatoms. The number of fused-ring (bicyclic) bond motifs is 1. The largest absolute Gasteiger partial charge is 0.461 e. The predicted octanol–water partition coefficient (Wildman–Crippen LogP) is 4.48. The molecule has 0 atom stereocenters. The quantitative estimate of drug-likeness (QED) is 0.403. The van der Waals surface area contributed by atoms with Crippen LogP contribution in [-0.4, -0.2) is 56.5 Å². The lowest BCUT2D eigenvalue weighted by Crippen LogP contribution is -2.28. The molecule has 2 aromatic carbocycles.